The molecule has 2 aromatic carbocycles. The summed E-state index contributed by atoms with van der Waals surface area (Å²) in [6.07, 6.45) is 4.00. The van der Waals surface area contributed by atoms with E-state index in [-0.39, 0.29) is 23.3 Å². The zero-order valence-electron chi connectivity index (χ0n) is 18.6. The number of carbonyl (C=O) groups excluding carboxylic acids is 1. The van der Waals surface area contributed by atoms with E-state index in [9.17, 15) is 18.3 Å². The molecule has 1 heterocycles. The van der Waals surface area contributed by atoms with Crippen molar-refractivity contribution in [2.24, 2.45) is 5.92 Å². The number of aliphatic hydroxyl groups excluding tert-OH is 1. The van der Waals surface area contributed by atoms with Crippen LogP contribution in [0.1, 0.15) is 42.5 Å². The van der Waals surface area contributed by atoms with Gasteiger partial charge in [-0.25, -0.2) is 13.4 Å². The lowest BCUT2D eigenvalue weighted by Crippen LogP contribution is -2.20. The lowest BCUT2D eigenvalue weighted by Gasteiger charge is -2.12. The second-order valence-corrected chi connectivity index (χ2v) is 11.0. The average Bonchev–Trinajstić information content (AvgIpc) is 3.44. The van der Waals surface area contributed by atoms with Crippen molar-refractivity contribution >= 4 is 38.1 Å². The van der Waals surface area contributed by atoms with Gasteiger partial charge in [-0.05, 0) is 61.6 Å². The minimum absolute atomic E-state index is 0.0105. The van der Waals surface area contributed by atoms with Crippen LogP contribution in [0.15, 0.2) is 47.4 Å². The van der Waals surface area contributed by atoms with Gasteiger partial charge in [0, 0.05) is 11.6 Å². The molecule has 0 radical (unpaired) electrons. The fourth-order valence-electron chi connectivity index (χ4n) is 4.03. The number of rotatable bonds is 7. The quantitative estimate of drug-likeness (QED) is 0.443. The van der Waals surface area contributed by atoms with Crippen molar-refractivity contribution in [2.45, 2.75) is 51.0 Å². The first-order chi connectivity index (χ1) is 15.8. The summed E-state index contributed by atoms with van der Waals surface area (Å²) in [5, 5.41) is 12.6. The summed E-state index contributed by atoms with van der Waals surface area (Å²) in [7, 11) is -3.83. The molecule has 1 aliphatic carbocycles. The summed E-state index contributed by atoms with van der Waals surface area (Å²) in [6, 6.07) is 11.9. The molecule has 7 nitrogen and oxygen atoms in total. The highest BCUT2D eigenvalue weighted by Gasteiger charge is 2.24. The predicted molar refractivity (Wildman–Crippen MR) is 131 cm³/mol. The van der Waals surface area contributed by atoms with E-state index in [1.807, 2.05) is 13.0 Å². The van der Waals surface area contributed by atoms with Crippen LogP contribution in [0.5, 0.6) is 0 Å². The van der Waals surface area contributed by atoms with Crippen LogP contribution in [-0.4, -0.2) is 24.4 Å². The first-order valence-electron chi connectivity index (χ1n) is 10.9. The lowest BCUT2D eigenvalue weighted by atomic mass is 10.1. The smallest absolute Gasteiger partial charge is 0.262 e. The Hall–Kier alpha value is -2.75. The van der Waals surface area contributed by atoms with Gasteiger partial charge in [-0.2, -0.15) is 0 Å². The number of thiazole rings is 1. The molecular weight excluding hydrogens is 458 g/mol. The number of nitrogens with zero attached hydrogens (tertiary/aromatic N) is 1. The van der Waals surface area contributed by atoms with Crippen molar-refractivity contribution in [3.05, 3.63) is 59.3 Å². The molecular formula is C24H27N3O4S2. The molecule has 1 aliphatic rings. The average molecular weight is 486 g/mol. The van der Waals surface area contributed by atoms with E-state index in [0.717, 1.165) is 41.8 Å². The third-order valence-corrected chi connectivity index (χ3v) is 8.53. The van der Waals surface area contributed by atoms with Gasteiger partial charge in [0.1, 0.15) is 0 Å². The zero-order chi connectivity index (χ0) is 23.6. The second-order valence-electron chi connectivity index (χ2n) is 8.34. The Morgan fingerprint density at radius 3 is 2.48 bits per heavy atom. The van der Waals surface area contributed by atoms with Gasteiger partial charge in [-0.15, -0.1) is 0 Å². The van der Waals surface area contributed by atoms with Crippen molar-refractivity contribution in [2.75, 3.05) is 10.0 Å². The molecule has 0 saturated heterocycles. The molecule has 0 spiro atoms. The molecule has 1 amide bonds. The summed E-state index contributed by atoms with van der Waals surface area (Å²) in [5.41, 5.74) is 3.21. The minimum Gasteiger partial charge on any atom is -0.392 e. The number of nitrogens with one attached hydrogen (secondary N) is 2. The van der Waals surface area contributed by atoms with Crippen molar-refractivity contribution in [3.8, 4) is 10.4 Å². The van der Waals surface area contributed by atoms with E-state index < -0.39 is 10.0 Å². The SMILES string of the molecule is Cc1ccc(-c2sc(NC(=O)C3CCCC3)nc2C)cc1S(=O)(=O)Nc1ccc(CO)cc1. The first kappa shape index (κ1) is 23.4. The van der Waals surface area contributed by atoms with Gasteiger partial charge in [0.15, 0.2) is 5.13 Å². The summed E-state index contributed by atoms with van der Waals surface area (Å²) < 4.78 is 28.8. The summed E-state index contributed by atoms with van der Waals surface area (Å²) in [4.78, 5) is 18.0. The number of sulfonamides is 1. The van der Waals surface area contributed by atoms with Crippen molar-refractivity contribution in [1.29, 1.82) is 0 Å². The molecule has 4 rings (SSSR count). The van der Waals surface area contributed by atoms with Gasteiger partial charge < -0.3 is 10.4 Å². The van der Waals surface area contributed by atoms with Crippen LogP contribution < -0.4 is 10.0 Å². The van der Waals surface area contributed by atoms with Crippen LogP contribution in [0.2, 0.25) is 0 Å². The third-order valence-electron chi connectivity index (χ3n) is 5.88. The van der Waals surface area contributed by atoms with Crippen molar-refractivity contribution < 1.29 is 18.3 Å². The fraction of sp³-hybridized carbons (Fsp3) is 0.333. The van der Waals surface area contributed by atoms with E-state index in [1.165, 1.54) is 11.3 Å². The Morgan fingerprint density at radius 1 is 1.12 bits per heavy atom. The molecule has 1 saturated carbocycles. The van der Waals surface area contributed by atoms with Gasteiger partial charge in [-0.3, -0.25) is 9.52 Å². The maximum absolute atomic E-state index is 13.1. The number of hydrogen-bond acceptors (Lipinski definition) is 6. The van der Waals surface area contributed by atoms with E-state index in [4.69, 9.17) is 0 Å². The highest BCUT2D eigenvalue weighted by atomic mass is 32.2. The van der Waals surface area contributed by atoms with Crippen molar-refractivity contribution in [1.82, 2.24) is 4.98 Å². The van der Waals surface area contributed by atoms with Gasteiger partial charge in [0.25, 0.3) is 10.0 Å². The molecule has 33 heavy (non-hydrogen) atoms. The minimum atomic E-state index is -3.83. The van der Waals surface area contributed by atoms with E-state index >= 15 is 0 Å². The van der Waals surface area contributed by atoms with Gasteiger partial charge in [-0.1, -0.05) is 48.4 Å². The molecule has 0 atom stereocenters. The number of hydrogen-bond donors (Lipinski definition) is 3. The summed E-state index contributed by atoms with van der Waals surface area (Å²) >= 11 is 1.35. The van der Waals surface area contributed by atoms with Crippen LogP contribution in [0.3, 0.4) is 0 Å². The maximum atomic E-state index is 13.1. The van der Waals surface area contributed by atoms with Gasteiger partial charge in [0.2, 0.25) is 5.91 Å². The van der Waals surface area contributed by atoms with Crippen LogP contribution in [-0.2, 0) is 21.4 Å². The number of amides is 1. The monoisotopic (exact) mass is 485 g/mol. The molecule has 1 aromatic heterocycles. The standard InChI is InChI=1S/C24H27N3O4S2/c1-15-7-10-19(13-21(15)33(30,31)27-20-11-8-17(14-28)9-12-20)22-16(2)25-24(32-22)26-23(29)18-5-3-4-6-18/h7-13,18,27-28H,3-6,14H2,1-2H3,(H,25,26,29). The highest BCUT2D eigenvalue weighted by molar-refractivity contribution is 7.92. The normalized spacial score (nSPS) is 14.4. The molecule has 1 fully saturated rings. The number of aryl methyl sites for hydroxylation is 2. The van der Waals surface area contributed by atoms with E-state index in [0.29, 0.717) is 21.9 Å². The Balaban J connectivity index is 1.59. The number of benzene rings is 2. The molecule has 3 aromatic rings. The summed E-state index contributed by atoms with van der Waals surface area (Å²) in [5.74, 6) is 0.0580. The molecule has 9 heteroatoms. The van der Waals surface area contributed by atoms with Crippen LogP contribution >= 0.6 is 11.3 Å². The van der Waals surface area contributed by atoms with E-state index in [2.05, 4.69) is 15.0 Å². The van der Waals surface area contributed by atoms with E-state index in [1.54, 1.807) is 43.3 Å². The fourth-order valence-corrected chi connectivity index (χ4v) is 6.33. The Labute approximate surface area is 198 Å². The number of anilines is 2. The Bertz CT molecular complexity index is 1260. The largest absolute Gasteiger partial charge is 0.392 e. The zero-order valence-corrected chi connectivity index (χ0v) is 20.2. The van der Waals surface area contributed by atoms with Gasteiger partial charge in [0.05, 0.1) is 22.1 Å². The number of carbonyl (C=O) groups is 1. The van der Waals surface area contributed by atoms with Crippen LogP contribution in [0, 0.1) is 19.8 Å². The first-order valence-corrected chi connectivity index (χ1v) is 13.2. The Morgan fingerprint density at radius 2 is 1.82 bits per heavy atom. The number of aliphatic hydroxyl groups is 1. The predicted octanol–water partition coefficient (Wildman–Crippen LogP) is 4.85. The number of aromatic nitrogens is 1. The topological polar surface area (TPSA) is 108 Å². The highest BCUT2D eigenvalue weighted by Crippen LogP contribution is 2.36. The molecule has 0 aliphatic heterocycles. The third kappa shape index (κ3) is 5.26. The maximum Gasteiger partial charge on any atom is 0.262 e. The lowest BCUT2D eigenvalue weighted by molar-refractivity contribution is -0.119. The second kappa shape index (κ2) is 9.62. The van der Waals surface area contributed by atoms with Crippen molar-refractivity contribution in [3.63, 3.8) is 0 Å². The van der Waals surface area contributed by atoms with Gasteiger partial charge >= 0.3 is 0 Å². The molecule has 3 N–H and O–H groups in total. The Kier molecular flexibility index (Phi) is 6.83. The molecule has 0 unspecified atom stereocenters. The van der Waals surface area contributed by atoms with Crippen LogP contribution in [0.4, 0.5) is 10.8 Å². The van der Waals surface area contributed by atoms with Crippen LogP contribution in [0.25, 0.3) is 10.4 Å². The molecule has 174 valence electrons. The summed E-state index contributed by atoms with van der Waals surface area (Å²) in [6.45, 7) is 3.50. The molecule has 0 bridgehead atoms.